The van der Waals surface area contributed by atoms with E-state index in [4.69, 9.17) is 10.1 Å². The number of hydrogen-bond acceptors (Lipinski definition) is 5. The highest BCUT2D eigenvalue weighted by Crippen LogP contribution is 2.30. The summed E-state index contributed by atoms with van der Waals surface area (Å²) < 4.78 is 0. The fourth-order valence-corrected chi connectivity index (χ4v) is 3.82. The van der Waals surface area contributed by atoms with Gasteiger partial charge in [0.05, 0.1) is 17.6 Å². The average Bonchev–Trinajstić information content (AvgIpc) is 3.18. The Morgan fingerprint density at radius 1 is 1.39 bits per heavy atom. The number of carbonyl (C=O) groups excluding carboxylic acids is 1. The van der Waals surface area contributed by atoms with E-state index < -0.39 is 0 Å². The van der Waals surface area contributed by atoms with Crippen molar-refractivity contribution in [3.63, 3.8) is 0 Å². The molecule has 0 bridgehead atoms. The number of aliphatic hydroxyl groups is 1. The van der Waals surface area contributed by atoms with Gasteiger partial charge < -0.3 is 20.3 Å². The molecule has 0 spiro atoms. The third-order valence-corrected chi connectivity index (χ3v) is 5.28. The van der Waals surface area contributed by atoms with Crippen LogP contribution in [0.15, 0.2) is 36.5 Å². The van der Waals surface area contributed by atoms with Crippen molar-refractivity contribution in [3.05, 3.63) is 53.6 Å². The second-order valence-corrected chi connectivity index (χ2v) is 7.26. The number of nitrogens with zero attached hydrogens (tertiary/aromatic N) is 3. The van der Waals surface area contributed by atoms with Crippen LogP contribution in [0.1, 0.15) is 40.6 Å². The topological polar surface area (TPSA) is 94.1 Å². The van der Waals surface area contributed by atoms with Crippen molar-refractivity contribution < 1.29 is 9.90 Å². The van der Waals surface area contributed by atoms with E-state index in [0.29, 0.717) is 11.6 Å². The summed E-state index contributed by atoms with van der Waals surface area (Å²) >= 11 is 0. The molecule has 0 aliphatic carbocycles. The molecule has 0 radical (unpaired) electrons. The highest BCUT2D eigenvalue weighted by molar-refractivity contribution is 5.93. The molecule has 7 nitrogen and oxygen atoms in total. The van der Waals surface area contributed by atoms with E-state index in [0.717, 1.165) is 48.5 Å². The molecular weight excluding hydrogens is 354 g/mol. The van der Waals surface area contributed by atoms with Gasteiger partial charge in [0.1, 0.15) is 11.5 Å². The number of aromatic amines is 1. The molecule has 0 unspecified atom stereocenters. The summed E-state index contributed by atoms with van der Waals surface area (Å²) in [6, 6.07) is 9.96. The van der Waals surface area contributed by atoms with Crippen LogP contribution in [0.5, 0.6) is 0 Å². The monoisotopic (exact) mass is 379 g/mol. The number of nitrogens with one attached hydrogen (secondary N) is 2. The van der Waals surface area contributed by atoms with Gasteiger partial charge >= 0.3 is 0 Å². The van der Waals surface area contributed by atoms with Crippen LogP contribution in [0, 0.1) is 6.92 Å². The van der Waals surface area contributed by atoms with Crippen molar-refractivity contribution in [1.29, 1.82) is 0 Å². The van der Waals surface area contributed by atoms with Gasteiger partial charge in [-0.25, -0.2) is 4.98 Å². The maximum Gasteiger partial charge on any atom is 0.270 e. The Hall–Kier alpha value is -2.93. The van der Waals surface area contributed by atoms with Gasteiger partial charge in [-0.05, 0) is 43.5 Å². The molecule has 3 heterocycles. The Bertz CT molecular complexity index is 984. The number of aliphatic hydroxyl groups excluding tert-OH is 1. The summed E-state index contributed by atoms with van der Waals surface area (Å²) in [5, 5.41) is 11.5. The number of aromatic nitrogens is 3. The number of amides is 1. The highest BCUT2D eigenvalue weighted by Gasteiger charge is 2.25. The van der Waals surface area contributed by atoms with E-state index in [2.05, 4.69) is 39.2 Å². The lowest BCUT2D eigenvalue weighted by Gasteiger charge is -2.33. The molecule has 1 amide bonds. The fraction of sp³-hybridized carbons (Fsp3) is 0.381. The molecular formula is C21H25N5O2. The largest absolute Gasteiger partial charge is 0.395 e. The molecule has 28 heavy (non-hydrogen) atoms. The first-order chi connectivity index (χ1) is 13.7. The van der Waals surface area contributed by atoms with Crippen LogP contribution in [0.2, 0.25) is 0 Å². The zero-order chi connectivity index (χ0) is 19.5. The molecule has 7 heteroatoms. The van der Waals surface area contributed by atoms with Crippen LogP contribution < -0.4 is 10.2 Å². The number of rotatable bonds is 5. The second kappa shape index (κ2) is 7.98. The van der Waals surface area contributed by atoms with Crippen molar-refractivity contribution in [1.82, 2.24) is 20.3 Å². The number of aryl methyl sites for hydroxylation is 1. The molecule has 146 valence electrons. The van der Waals surface area contributed by atoms with Crippen LogP contribution >= 0.6 is 0 Å². The number of imidazole rings is 1. The SMILES string of the molecule is Cc1cccc2[nH]c([C@H]3CCCN(c4ccnc(C(=O)NCCO)c4)C3)nc12. The number of anilines is 1. The Morgan fingerprint density at radius 3 is 3.11 bits per heavy atom. The molecule has 1 saturated heterocycles. The number of hydrogen-bond donors (Lipinski definition) is 3. The predicted molar refractivity (Wildman–Crippen MR) is 109 cm³/mol. The number of para-hydroxylation sites is 1. The molecule has 2 aromatic heterocycles. The number of piperidine rings is 1. The van der Waals surface area contributed by atoms with Crippen molar-refractivity contribution in [2.75, 3.05) is 31.1 Å². The molecule has 3 N–H and O–H groups in total. The Labute approximate surface area is 163 Å². The van der Waals surface area contributed by atoms with Gasteiger partial charge in [-0.3, -0.25) is 9.78 Å². The Morgan fingerprint density at radius 2 is 2.29 bits per heavy atom. The lowest BCUT2D eigenvalue weighted by Crippen LogP contribution is -2.35. The minimum atomic E-state index is -0.266. The van der Waals surface area contributed by atoms with E-state index in [-0.39, 0.29) is 19.1 Å². The second-order valence-electron chi connectivity index (χ2n) is 7.26. The molecule has 0 saturated carbocycles. The van der Waals surface area contributed by atoms with E-state index in [9.17, 15) is 4.79 Å². The number of fused-ring (bicyclic) bond motifs is 1. The summed E-state index contributed by atoms with van der Waals surface area (Å²) in [6.45, 7) is 4.01. The molecule has 1 atom stereocenters. The van der Waals surface area contributed by atoms with Gasteiger partial charge in [0.15, 0.2) is 0 Å². The average molecular weight is 379 g/mol. The van der Waals surface area contributed by atoms with Crippen LogP contribution in [0.25, 0.3) is 11.0 Å². The van der Waals surface area contributed by atoms with Crippen molar-refractivity contribution >= 4 is 22.6 Å². The van der Waals surface area contributed by atoms with E-state index in [1.807, 2.05) is 18.2 Å². The van der Waals surface area contributed by atoms with E-state index in [1.165, 1.54) is 5.56 Å². The van der Waals surface area contributed by atoms with Gasteiger partial charge in [0, 0.05) is 37.4 Å². The van der Waals surface area contributed by atoms with Crippen molar-refractivity contribution in [3.8, 4) is 0 Å². The van der Waals surface area contributed by atoms with Crippen LogP contribution in [0.4, 0.5) is 5.69 Å². The Kier molecular flexibility index (Phi) is 5.25. The minimum Gasteiger partial charge on any atom is -0.395 e. The van der Waals surface area contributed by atoms with Gasteiger partial charge in [-0.15, -0.1) is 0 Å². The first kappa shape index (κ1) is 18.4. The molecule has 3 aromatic rings. The van der Waals surface area contributed by atoms with Crippen molar-refractivity contribution in [2.45, 2.75) is 25.7 Å². The lowest BCUT2D eigenvalue weighted by molar-refractivity contribution is 0.0940. The molecule has 1 aromatic carbocycles. The maximum absolute atomic E-state index is 12.1. The summed E-state index contributed by atoms with van der Waals surface area (Å²) in [7, 11) is 0. The van der Waals surface area contributed by atoms with Crippen LogP contribution in [-0.4, -0.2) is 52.2 Å². The molecule has 4 rings (SSSR count). The third-order valence-electron chi connectivity index (χ3n) is 5.28. The number of H-pyrrole nitrogens is 1. The van der Waals surface area contributed by atoms with Crippen LogP contribution in [-0.2, 0) is 0 Å². The smallest absolute Gasteiger partial charge is 0.270 e. The first-order valence-corrected chi connectivity index (χ1v) is 9.71. The van der Waals surface area contributed by atoms with E-state index >= 15 is 0 Å². The number of pyridine rings is 1. The zero-order valence-corrected chi connectivity index (χ0v) is 16.0. The van der Waals surface area contributed by atoms with E-state index in [1.54, 1.807) is 6.20 Å². The number of benzene rings is 1. The fourth-order valence-electron chi connectivity index (χ4n) is 3.82. The lowest BCUT2D eigenvalue weighted by atomic mass is 9.97. The molecule has 1 aliphatic heterocycles. The summed E-state index contributed by atoms with van der Waals surface area (Å²) in [5.74, 6) is 1.08. The molecule has 1 fully saturated rings. The van der Waals surface area contributed by atoms with Crippen molar-refractivity contribution in [2.24, 2.45) is 0 Å². The summed E-state index contributed by atoms with van der Waals surface area (Å²) in [6.07, 6.45) is 3.82. The highest BCUT2D eigenvalue weighted by atomic mass is 16.3. The minimum absolute atomic E-state index is 0.0871. The Balaban J connectivity index is 1.53. The number of carbonyl (C=O) groups is 1. The summed E-state index contributed by atoms with van der Waals surface area (Å²) in [5.41, 5.74) is 4.66. The van der Waals surface area contributed by atoms with Gasteiger partial charge in [0.25, 0.3) is 5.91 Å². The summed E-state index contributed by atoms with van der Waals surface area (Å²) in [4.78, 5) is 26.9. The standard InChI is InChI=1S/C21H25N5O2/c1-14-4-2-6-17-19(14)25-20(24-17)15-5-3-10-26(13-15)16-7-8-22-18(12-16)21(28)23-9-11-27/h2,4,6-8,12,15,27H,3,5,9-11,13H2,1H3,(H,23,28)(H,24,25)/t15-/m0/s1. The van der Waals surface area contributed by atoms with Gasteiger partial charge in [0.2, 0.25) is 0 Å². The van der Waals surface area contributed by atoms with Gasteiger partial charge in [-0.2, -0.15) is 0 Å². The first-order valence-electron chi connectivity index (χ1n) is 9.71. The maximum atomic E-state index is 12.1. The quantitative estimate of drug-likeness (QED) is 0.633. The van der Waals surface area contributed by atoms with Crippen LogP contribution in [0.3, 0.4) is 0 Å². The van der Waals surface area contributed by atoms with Gasteiger partial charge in [-0.1, -0.05) is 12.1 Å². The normalized spacial score (nSPS) is 17.1. The molecule has 1 aliphatic rings. The predicted octanol–water partition coefficient (Wildman–Crippen LogP) is 2.37. The third kappa shape index (κ3) is 3.71. The zero-order valence-electron chi connectivity index (χ0n) is 16.0.